The van der Waals surface area contributed by atoms with E-state index in [2.05, 4.69) is 4.98 Å². The molecule has 1 aromatic rings. The first-order chi connectivity index (χ1) is 9.29. The van der Waals surface area contributed by atoms with Crippen LogP contribution in [0.25, 0.3) is 0 Å². The maximum atomic E-state index is 13.4. The Bertz CT molecular complexity index is 456. The van der Waals surface area contributed by atoms with E-state index in [0.29, 0.717) is 6.61 Å². The Balaban J connectivity index is 1.72. The van der Waals surface area contributed by atoms with Crippen LogP contribution in [0, 0.1) is 17.1 Å². The van der Waals surface area contributed by atoms with E-state index in [0.717, 1.165) is 31.9 Å². The summed E-state index contributed by atoms with van der Waals surface area (Å²) in [6.07, 6.45) is 4.12. The summed E-state index contributed by atoms with van der Waals surface area (Å²) in [6, 6.07) is 2.90. The largest absolute Gasteiger partial charge is 0.473 e. The Kier molecular flexibility index (Phi) is 5.07. The van der Waals surface area contributed by atoms with Crippen LogP contribution in [0.2, 0.25) is 0 Å². The summed E-state index contributed by atoms with van der Waals surface area (Å²) >= 11 is 0. The number of nitriles is 1. The molecule has 102 valence electrons. The molecule has 6 heteroatoms. The van der Waals surface area contributed by atoms with Crippen LogP contribution in [0.5, 0.6) is 5.88 Å². The fourth-order valence-electron chi connectivity index (χ4n) is 1.75. The van der Waals surface area contributed by atoms with Crippen molar-refractivity contribution in [2.45, 2.75) is 25.6 Å². The third-order valence-corrected chi connectivity index (χ3v) is 2.70. The van der Waals surface area contributed by atoms with Gasteiger partial charge in [0.05, 0.1) is 12.2 Å². The lowest BCUT2D eigenvalue weighted by molar-refractivity contribution is -0.165. The minimum atomic E-state index is -0.645. The van der Waals surface area contributed by atoms with Crippen LogP contribution in [-0.2, 0) is 9.47 Å². The molecule has 0 saturated carbocycles. The molecule has 1 atom stereocenters. The molecule has 1 saturated heterocycles. The lowest BCUT2D eigenvalue weighted by Crippen LogP contribution is -2.24. The zero-order valence-electron chi connectivity index (χ0n) is 10.5. The monoisotopic (exact) mass is 266 g/mol. The van der Waals surface area contributed by atoms with E-state index in [1.165, 1.54) is 6.20 Å². The highest BCUT2D eigenvalue weighted by Crippen LogP contribution is 2.15. The predicted molar refractivity (Wildman–Crippen MR) is 63.9 cm³/mol. The van der Waals surface area contributed by atoms with Gasteiger partial charge in [0, 0.05) is 12.8 Å². The molecular weight excluding hydrogens is 251 g/mol. The molecule has 0 spiro atoms. The Hall–Kier alpha value is -1.71. The second kappa shape index (κ2) is 7.02. The van der Waals surface area contributed by atoms with Gasteiger partial charge in [-0.2, -0.15) is 5.26 Å². The standard InChI is InChI=1S/C13H15FN2O3/c14-11-7-10(8-15)9-16-13(11)19-6-5-18-12-3-1-2-4-17-12/h7,9,12H,1-6H2. The van der Waals surface area contributed by atoms with E-state index in [1.807, 2.05) is 0 Å². The van der Waals surface area contributed by atoms with E-state index < -0.39 is 5.82 Å². The quantitative estimate of drug-likeness (QED) is 0.763. The average Bonchev–Trinajstić information content (AvgIpc) is 2.46. The summed E-state index contributed by atoms with van der Waals surface area (Å²) < 4.78 is 29.4. The van der Waals surface area contributed by atoms with E-state index in [-0.39, 0.29) is 24.3 Å². The van der Waals surface area contributed by atoms with Gasteiger partial charge in [-0.1, -0.05) is 0 Å². The molecule has 0 aliphatic carbocycles. The van der Waals surface area contributed by atoms with Crippen molar-refractivity contribution in [2.75, 3.05) is 19.8 Å². The maximum absolute atomic E-state index is 13.4. The normalized spacial score (nSPS) is 18.8. The van der Waals surface area contributed by atoms with E-state index in [4.69, 9.17) is 19.5 Å². The minimum absolute atomic E-state index is 0.118. The Morgan fingerprint density at radius 3 is 3.05 bits per heavy atom. The molecule has 1 aliphatic rings. The highest BCUT2D eigenvalue weighted by molar-refractivity contribution is 5.29. The van der Waals surface area contributed by atoms with Crippen molar-refractivity contribution in [1.29, 1.82) is 5.26 Å². The molecule has 0 bridgehead atoms. The number of pyridine rings is 1. The van der Waals surface area contributed by atoms with Crippen LogP contribution in [0.3, 0.4) is 0 Å². The predicted octanol–water partition coefficient (Wildman–Crippen LogP) is 2.01. The van der Waals surface area contributed by atoms with E-state index in [1.54, 1.807) is 6.07 Å². The first-order valence-corrected chi connectivity index (χ1v) is 6.21. The molecule has 0 aromatic carbocycles. The fraction of sp³-hybridized carbons (Fsp3) is 0.538. The Labute approximate surface area is 110 Å². The Morgan fingerprint density at radius 2 is 2.37 bits per heavy atom. The summed E-state index contributed by atoms with van der Waals surface area (Å²) in [7, 11) is 0. The molecular formula is C13H15FN2O3. The number of hydrogen-bond donors (Lipinski definition) is 0. The van der Waals surface area contributed by atoms with Crippen molar-refractivity contribution < 1.29 is 18.6 Å². The van der Waals surface area contributed by atoms with Gasteiger partial charge in [0.25, 0.3) is 5.88 Å². The number of rotatable bonds is 5. The molecule has 1 unspecified atom stereocenters. The summed E-state index contributed by atoms with van der Waals surface area (Å²) in [5.41, 5.74) is 0.164. The van der Waals surface area contributed by atoms with Gasteiger partial charge in [-0.15, -0.1) is 0 Å². The lowest BCUT2D eigenvalue weighted by atomic mass is 10.2. The van der Waals surface area contributed by atoms with Crippen LogP contribution < -0.4 is 4.74 Å². The summed E-state index contributed by atoms with van der Waals surface area (Å²) in [5, 5.41) is 8.58. The third-order valence-electron chi connectivity index (χ3n) is 2.70. The van der Waals surface area contributed by atoms with Gasteiger partial charge in [-0.25, -0.2) is 9.37 Å². The van der Waals surface area contributed by atoms with Crippen LogP contribution in [0.1, 0.15) is 24.8 Å². The van der Waals surface area contributed by atoms with Gasteiger partial charge in [-0.05, 0) is 25.3 Å². The molecule has 2 rings (SSSR count). The molecule has 1 fully saturated rings. The van der Waals surface area contributed by atoms with Crippen LogP contribution >= 0.6 is 0 Å². The number of aromatic nitrogens is 1. The molecule has 2 heterocycles. The van der Waals surface area contributed by atoms with Crippen LogP contribution in [0.4, 0.5) is 4.39 Å². The summed E-state index contributed by atoms with van der Waals surface area (Å²) in [6.45, 7) is 1.22. The number of halogens is 1. The SMILES string of the molecule is N#Cc1cnc(OCCOC2CCCCO2)c(F)c1. The molecule has 1 aliphatic heterocycles. The van der Waals surface area contributed by atoms with Gasteiger partial charge in [0.15, 0.2) is 12.1 Å². The zero-order chi connectivity index (χ0) is 13.5. The number of nitrogens with zero attached hydrogens (tertiary/aromatic N) is 2. The van der Waals surface area contributed by atoms with Crippen molar-refractivity contribution in [3.63, 3.8) is 0 Å². The minimum Gasteiger partial charge on any atom is -0.473 e. The van der Waals surface area contributed by atoms with E-state index in [9.17, 15) is 4.39 Å². The van der Waals surface area contributed by atoms with Crippen LogP contribution in [-0.4, -0.2) is 31.1 Å². The van der Waals surface area contributed by atoms with Gasteiger partial charge in [0.2, 0.25) is 0 Å². The van der Waals surface area contributed by atoms with E-state index >= 15 is 0 Å². The van der Waals surface area contributed by atoms with Crippen molar-refractivity contribution in [1.82, 2.24) is 4.98 Å². The summed E-state index contributed by atoms with van der Waals surface area (Å²) in [4.78, 5) is 3.73. The highest BCUT2D eigenvalue weighted by atomic mass is 19.1. The molecule has 0 amide bonds. The molecule has 0 radical (unpaired) electrons. The molecule has 0 N–H and O–H groups in total. The van der Waals surface area contributed by atoms with Crippen LogP contribution in [0.15, 0.2) is 12.3 Å². The van der Waals surface area contributed by atoms with Crippen molar-refractivity contribution in [2.24, 2.45) is 0 Å². The summed E-state index contributed by atoms with van der Waals surface area (Å²) in [5.74, 6) is -0.764. The first kappa shape index (κ1) is 13.7. The lowest BCUT2D eigenvalue weighted by Gasteiger charge is -2.22. The zero-order valence-corrected chi connectivity index (χ0v) is 10.5. The maximum Gasteiger partial charge on any atom is 0.250 e. The average molecular weight is 266 g/mol. The second-order valence-corrected chi connectivity index (χ2v) is 4.14. The van der Waals surface area contributed by atoms with Crippen molar-refractivity contribution >= 4 is 0 Å². The molecule has 19 heavy (non-hydrogen) atoms. The third kappa shape index (κ3) is 4.16. The fourth-order valence-corrected chi connectivity index (χ4v) is 1.75. The molecule has 1 aromatic heterocycles. The number of hydrogen-bond acceptors (Lipinski definition) is 5. The van der Waals surface area contributed by atoms with Gasteiger partial charge < -0.3 is 14.2 Å². The smallest absolute Gasteiger partial charge is 0.250 e. The first-order valence-electron chi connectivity index (χ1n) is 6.21. The second-order valence-electron chi connectivity index (χ2n) is 4.14. The number of ether oxygens (including phenoxy) is 3. The molecule has 5 nitrogen and oxygen atoms in total. The van der Waals surface area contributed by atoms with Crippen molar-refractivity contribution in [3.05, 3.63) is 23.6 Å². The van der Waals surface area contributed by atoms with Gasteiger partial charge in [0.1, 0.15) is 12.7 Å². The van der Waals surface area contributed by atoms with Crippen molar-refractivity contribution in [3.8, 4) is 11.9 Å². The highest BCUT2D eigenvalue weighted by Gasteiger charge is 2.14. The topological polar surface area (TPSA) is 64.4 Å². The van der Waals surface area contributed by atoms with Gasteiger partial charge >= 0.3 is 0 Å². The Morgan fingerprint density at radius 1 is 1.47 bits per heavy atom. The van der Waals surface area contributed by atoms with Gasteiger partial charge in [-0.3, -0.25) is 0 Å².